The molecule has 90 valence electrons. The number of nitrogens with two attached hydrogens (primary N) is 1. The van der Waals surface area contributed by atoms with Gasteiger partial charge in [-0.3, -0.25) is 9.59 Å². The quantitative estimate of drug-likeness (QED) is 0.853. The number of carbonyl (C=O) groups is 2. The van der Waals surface area contributed by atoms with Crippen LogP contribution in [0.5, 0.6) is 0 Å². The Labute approximate surface area is 105 Å². The fourth-order valence-corrected chi connectivity index (χ4v) is 1.58. The maximum atomic E-state index is 11.8. The molecule has 0 fully saturated rings. The molecule has 4 heteroatoms. The molecular weight excluding hydrogens is 228 g/mol. The smallest absolute Gasteiger partial charge is 0.277 e. The van der Waals surface area contributed by atoms with Crippen LogP contribution in [-0.2, 0) is 4.79 Å². The van der Waals surface area contributed by atoms with Crippen LogP contribution in [0.3, 0.4) is 0 Å². The van der Waals surface area contributed by atoms with E-state index in [0.717, 1.165) is 0 Å². The van der Waals surface area contributed by atoms with Crippen LogP contribution in [0.1, 0.15) is 16.8 Å². The van der Waals surface area contributed by atoms with Crippen molar-refractivity contribution in [2.24, 2.45) is 10.7 Å². The Bertz CT molecular complexity index is 569. The molecule has 0 saturated heterocycles. The van der Waals surface area contributed by atoms with E-state index in [1.165, 1.54) is 0 Å². The van der Waals surface area contributed by atoms with E-state index in [4.69, 9.17) is 5.73 Å². The number of hydrogen-bond donors (Lipinski definition) is 1. The maximum Gasteiger partial charge on any atom is 0.277 e. The average Bonchev–Trinajstić information content (AvgIpc) is 2.40. The Hall–Kier alpha value is -2.49. The highest BCUT2D eigenvalue weighted by atomic mass is 16.1. The van der Waals surface area contributed by atoms with Gasteiger partial charge < -0.3 is 5.73 Å². The topological polar surface area (TPSA) is 72.5 Å². The van der Waals surface area contributed by atoms with E-state index in [9.17, 15) is 9.59 Å². The first-order valence-corrected chi connectivity index (χ1v) is 5.52. The molecule has 0 aliphatic heterocycles. The third-order valence-electron chi connectivity index (χ3n) is 2.54. The van der Waals surface area contributed by atoms with E-state index in [1.807, 2.05) is 6.07 Å². The van der Waals surface area contributed by atoms with E-state index >= 15 is 0 Å². The van der Waals surface area contributed by atoms with Gasteiger partial charge in [-0.25, -0.2) is 4.99 Å². The Morgan fingerprint density at radius 2 is 1.83 bits per heavy atom. The summed E-state index contributed by atoms with van der Waals surface area (Å²) in [6.07, 6.45) is 5.32. The van der Waals surface area contributed by atoms with Crippen molar-refractivity contribution in [3.05, 3.63) is 59.7 Å². The van der Waals surface area contributed by atoms with E-state index in [-0.39, 0.29) is 5.91 Å². The van der Waals surface area contributed by atoms with Crippen LogP contribution < -0.4 is 5.73 Å². The Morgan fingerprint density at radius 3 is 2.39 bits per heavy atom. The monoisotopic (exact) mass is 240 g/mol. The summed E-state index contributed by atoms with van der Waals surface area (Å²) in [5.74, 6) is -0.758. The van der Waals surface area contributed by atoms with Gasteiger partial charge in [-0.2, -0.15) is 0 Å². The normalized spacial score (nSPS) is 16.4. The van der Waals surface area contributed by atoms with Crippen molar-refractivity contribution in [2.75, 3.05) is 0 Å². The molecule has 1 aliphatic carbocycles. The number of nitrogens with zero attached hydrogens (tertiary/aromatic N) is 1. The molecule has 0 radical (unpaired) electrons. The SMILES string of the molecule is NC(=O)C1=CCC(=NC(=O)c2ccccc2)C=C1. The van der Waals surface area contributed by atoms with E-state index in [1.54, 1.807) is 42.5 Å². The molecule has 0 unspecified atom stereocenters. The predicted octanol–water partition coefficient (Wildman–Crippen LogP) is 1.64. The molecular formula is C14H12N2O2. The molecule has 2 amide bonds. The molecule has 0 spiro atoms. The van der Waals surface area contributed by atoms with Crippen LogP contribution in [-0.4, -0.2) is 17.5 Å². The molecule has 18 heavy (non-hydrogen) atoms. The van der Waals surface area contributed by atoms with Gasteiger partial charge in [0.15, 0.2) is 0 Å². The van der Waals surface area contributed by atoms with Crippen LogP contribution in [0.2, 0.25) is 0 Å². The lowest BCUT2D eigenvalue weighted by Gasteiger charge is -2.05. The molecule has 1 aromatic carbocycles. The molecule has 1 aliphatic rings. The molecule has 0 aromatic heterocycles. The van der Waals surface area contributed by atoms with Crippen molar-refractivity contribution in [1.29, 1.82) is 0 Å². The van der Waals surface area contributed by atoms with Crippen molar-refractivity contribution in [1.82, 2.24) is 0 Å². The van der Waals surface area contributed by atoms with Crippen molar-refractivity contribution in [3.8, 4) is 0 Å². The number of carbonyl (C=O) groups excluding carboxylic acids is 2. The number of amides is 2. The summed E-state index contributed by atoms with van der Waals surface area (Å²) in [6, 6.07) is 8.84. The Balaban J connectivity index is 2.12. The third kappa shape index (κ3) is 2.79. The molecule has 0 heterocycles. The fraction of sp³-hybridized carbons (Fsp3) is 0.0714. The van der Waals surface area contributed by atoms with Gasteiger partial charge in [0, 0.05) is 23.3 Å². The van der Waals surface area contributed by atoms with Crippen molar-refractivity contribution < 1.29 is 9.59 Å². The molecule has 1 aromatic rings. The fourth-order valence-electron chi connectivity index (χ4n) is 1.58. The van der Waals surface area contributed by atoms with Gasteiger partial charge in [0.1, 0.15) is 0 Å². The minimum absolute atomic E-state index is 0.286. The van der Waals surface area contributed by atoms with Gasteiger partial charge in [-0.05, 0) is 24.3 Å². The van der Waals surface area contributed by atoms with Crippen LogP contribution >= 0.6 is 0 Å². The number of rotatable bonds is 2. The lowest BCUT2D eigenvalue weighted by Crippen LogP contribution is -2.15. The highest BCUT2D eigenvalue weighted by Gasteiger charge is 2.09. The molecule has 0 atom stereocenters. The molecule has 0 bridgehead atoms. The summed E-state index contributed by atoms with van der Waals surface area (Å²) < 4.78 is 0. The molecule has 2 N–H and O–H groups in total. The second-order valence-electron chi connectivity index (χ2n) is 3.84. The van der Waals surface area contributed by atoms with Gasteiger partial charge in [0.05, 0.1) is 0 Å². The van der Waals surface area contributed by atoms with Gasteiger partial charge in [-0.15, -0.1) is 0 Å². The van der Waals surface area contributed by atoms with E-state index in [2.05, 4.69) is 4.99 Å². The number of primary amides is 1. The lowest BCUT2D eigenvalue weighted by atomic mass is 10.1. The Morgan fingerprint density at radius 1 is 1.11 bits per heavy atom. The average molecular weight is 240 g/mol. The van der Waals surface area contributed by atoms with Gasteiger partial charge in [-0.1, -0.05) is 24.3 Å². The second-order valence-corrected chi connectivity index (χ2v) is 3.84. The predicted molar refractivity (Wildman–Crippen MR) is 69.2 cm³/mol. The summed E-state index contributed by atoms with van der Waals surface area (Å²) in [5, 5.41) is 0. The summed E-state index contributed by atoms with van der Waals surface area (Å²) in [6.45, 7) is 0. The number of aliphatic imine (C=N–C) groups is 1. The summed E-state index contributed by atoms with van der Waals surface area (Å²) in [5.41, 5.74) is 6.75. The highest BCUT2D eigenvalue weighted by molar-refractivity contribution is 6.10. The Kier molecular flexibility index (Phi) is 3.48. The van der Waals surface area contributed by atoms with Gasteiger partial charge in [0.2, 0.25) is 5.91 Å². The van der Waals surface area contributed by atoms with Crippen molar-refractivity contribution >= 4 is 17.5 Å². The van der Waals surface area contributed by atoms with Crippen LogP contribution in [0, 0.1) is 0 Å². The van der Waals surface area contributed by atoms with E-state index < -0.39 is 5.91 Å². The van der Waals surface area contributed by atoms with Crippen molar-refractivity contribution in [2.45, 2.75) is 6.42 Å². The van der Waals surface area contributed by atoms with Gasteiger partial charge >= 0.3 is 0 Å². The molecule has 4 nitrogen and oxygen atoms in total. The zero-order chi connectivity index (χ0) is 13.0. The van der Waals surface area contributed by atoms with Crippen LogP contribution in [0.4, 0.5) is 0 Å². The first kappa shape index (κ1) is 12.0. The zero-order valence-electron chi connectivity index (χ0n) is 9.67. The number of allylic oxidation sites excluding steroid dienone is 2. The molecule has 2 rings (SSSR count). The van der Waals surface area contributed by atoms with Crippen LogP contribution in [0.25, 0.3) is 0 Å². The first-order valence-electron chi connectivity index (χ1n) is 5.52. The third-order valence-corrected chi connectivity index (χ3v) is 2.54. The largest absolute Gasteiger partial charge is 0.366 e. The molecule has 0 saturated carbocycles. The number of benzene rings is 1. The van der Waals surface area contributed by atoms with Crippen LogP contribution in [0.15, 0.2) is 59.1 Å². The lowest BCUT2D eigenvalue weighted by molar-refractivity contribution is -0.114. The standard InChI is InChI=1S/C14H12N2O2/c15-13(17)10-6-8-12(9-7-10)16-14(18)11-4-2-1-3-5-11/h1-8H,9H2,(H2,15,17). The summed E-state index contributed by atoms with van der Waals surface area (Å²) in [7, 11) is 0. The highest BCUT2D eigenvalue weighted by Crippen LogP contribution is 2.09. The second kappa shape index (κ2) is 5.23. The summed E-state index contributed by atoms with van der Waals surface area (Å²) >= 11 is 0. The van der Waals surface area contributed by atoms with Crippen molar-refractivity contribution in [3.63, 3.8) is 0 Å². The number of hydrogen-bond acceptors (Lipinski definition) is 2. The minimum Gasteiger partial charge on any atom is -0.366 e. The minimum atomic E-state index is -0.473. The summed E-state index contributed by atoms with van der Waals surface area (Å²) in [4.78, 5) is 26.7. The zero-order valence-corrected chi connectivity index (χ0v) is 9.67. The first-order chi connectivity index (χ1) is 8.66. The van der Waals surface area contributed by atoms with Gasteiger partial charge in [0.25, 0.3) is 5.91 Å². The maximum absolute atomic E-state index is 11.8. The van der Waals surface area contributed by atoms with E-state index in [0.29, 0.717) is 23.3 Å².